The van der Waals surface area contributed by atoms with Gasteiger partial charge in [0.05, 0.1) is 11.1 Å². The van der Waals surface area contributed by atoms with Gasteiger partial charge >= 0.3 is 0 Å². The molecule has 28 heavy (non-hydrogen) atoms. The van der Waals surface area contributed by atoms with E-state index in [1.165, 1.54) is 27.7 Å². The van der Waals surface area contributed by atoms with E-state index in [0.717, 1.165) is 21.7 Å². The molecule has 0 aliphatic heterocycles. The third kappa shape index (κ3) is 3.76. The Morgan fingerprint density at radius 2 is 2.00 bits per heavy atom. The van der Waals surface area contributed by atoms with Gasteiger partial charge in [0.2, 0.25) is 5.91 Å². The number of thiophene rings is 2. The average Bonchev–Trinajstić information content (AvgIpc) is 3.35. The number of carbonyl (C=O) groups excluding carboxylic acids is 1. The van der Waals surface area contributed by atoms with Gasteiger partial charge in [-0.05, 0) is 30.5 Å². The average molecular weight is 428 g/mol. The molecule has 1 N–H and O–H groups in total. The fourth-order valence-corrected chi connectivity index (χ4v) is 5.33. The second-order valence-corrected chi connectivity index (χ2v) is 9.02. The Morgan fingerprint density at radius 3 is 2.71 bits per heavy atom. The van der Waals surface area contributed by atoms with Crippen LogP contribution in [0.1, 0.15) is 5.56 Å². The predicted octanol–water partition coefficient (Wildman–Crippen LogP) is 4.76. The Hall–Kier alpha value is -2.42. The van der Waals surface area contributed by atoms with Gasteiger partial charge in [0.25, 0.3) is 5.56 Å². The maximum Gasteiger partial charge on any atom is 0.263 e. The lowest BCUT2D eigenvalue weighted by Gasteiger charge is -2.08. The summed E-state index contributed by atoms with van der Waals surface area (Å²) in [4.78, 5) is 31.5. The number of carbonyl (C=O) groups is 1. The first-order valence-corrected chi connectivity index (χ1v) is 11.3. The zero-order valence-electron chi connectivity index (χ0n) is 15.3. The molecule has 1 amide bonds. The van der Waals surface area contributed by atoms with Crippen LogP contribution in [0, 0.1) is 6.92 Å². The number of hydrogen-bond acceptors (Lipinski definition) is 6. The summed E-state index contributed by atoms with van der Waals surface area (Å²) in [6.07, 6.45) is 0. The monoisotopic (exact) mass is 427 g/mol. The first kappa shape index (κ1) is 18.9. The van der Waals surface area contributed by atoms with E-state index < -0.39 is 0 Å². The number of aromatic nitrogens is 2. The van der Waals surface area contributed by atoms with Gasteiger partial charge in [-0.25, -0.2) is 4.98 Å². The van der Waals surface area contributed by atoms with Crippen LogP contribution >= 0.6 is 34.4 Å². The predicted molar refractivity (Wildman–Crippen MR) is 119 cm³/mol. The van der Waals surface area contributed by atoms with Crippen molar-refractivity contribution < 1.29 is 4.79 Å². The molecule has 142 valence electrons. The van der Waals surface area contributed by atoms with E-state index in [4.69, 9.17) is 0 Å². The van der Waals surface area contributed by atoms with Crippen molar-refractivity contribution in [2.45, 2.75) is 12.1 Å². The van der Waals surface area contributed by atoms with Crippen molar-refractivity contribution in [1.82, 2.24) is 9.55 Å². The molecule has 0 bridgehead atoms. The molecule has 5 nitrogen and oxygen atoms in total. The van der Waals surface area contributed by atoms with Crippen molar-refractivity contribution in [2.24, 2.45) is 7.05 Å². The summed E-state index contributed by atoms with van der Waals surface area (Å²) < 4.78 is 1.52. The van der Waals surface area contributed by atoms with Crippen LogP contribution < -0.4 is 10.9 Å². The maximum absolute atomic E-state index is 12.9. The number of fused-ring (bicyclic) bond motifs is 1. The Balaban J connectivity index is 1.54. The number of aryl methyl sites for hydroxylation is 1. The molecule has 0 atom stereocenters. The molecule has 3 heterocycles. The molecule has 4 rings (SSSR count). The highest BCUT2D eigenvalue weighted by Crippen LogP contribution is 2.34. The molecular weight excluding hydrogens is 410 g/mol. The standard InChI is InChI=1S/C20H17N3O2S3/c1-12-5-7-13(8-6-12)21-16(24)11-28-20-22-18-17(19(25)23(20)2)14(10-27-18)15-4-3-9-26-15/h3-10H,11H2,1-2H3,(H,21,24). The number of amides is 1. The smallest absolute Gasteiger partial charge is 0.263 e. The van der Waals surface area contributed by atoms with Crippen LogP contribution in [-0.2, 0) is 11.8 Å². The van der Waals surface area contributed by atoms with Crippen LogP contribution in [0.2, 0.25) is 0 Å². The minimum absolute atomic E-state index is 0.0870. The highest BCUT2D eigenvalue weighted by atomic mass is 32.2. The lowest BCUT2D eigenvalue weighted by atomic mass is 10.2. The SMILES string of the molecule is Cc1ccc(NC(=O)CSc2nc3scc(-c4cccs4)c3c(=O)n2C)cc1. The molecule has 0 saturated carbocycles. The van der Waals surface area contributed by atoms with Crippen LogP contribution in [-0.4, -0.2) is 21.2 Å². The molecule has 3 aromatic heterocycles. The van der Waals surface area contributed by atoms with Gasteiger partial charge in [-0.1, -0.05) is 35.5 Å². The lowest BCUT2D eigenvalue weighted by Crippen LogP contribution is -2.21. The summed E-state index contributed by atoms with van der Waals surface area (Å²) in [6.45, 7) is 2.00. The van der Waals surface area contributed by atoms with Crippen molar-refractivity contribution >= 4 is 56.2 Å². The molecule has 0 fully saturated rings. The summed E-state index contributed by atoms with van der Waals surface area (Å²) in [6, 6.07) is 11.6. The fourth-order valence-electron chi connectivity index (χ4n) is 2.76. The van der Waals surface area contributed by atoms with Crippen molar-refractivity contribution in [1.29, 1.82) is 0 Å². The van der Waals surface area contributed by atoms with E-state index in [2.05, 4.69) is 10.3 Å². The van der Waals surface area contributed by atoms with E-state index in [0.29, 0.717) is 15.4 Å². The molecule has 0 radical (unpaired) electrons. The van der Waals surface area contributed by atoms with Gasteiger partial charge in [0.1, 0.15) is 4.83 Å². The van der Waals surface area contributed by atoms with Crippen molar-refractivity contribution in [3.05, 3.63) is 63.1 Å². The maximum atomic E-state index is 12.9. The third-order valence-corrected chi connectivity index (χ3v) is 7.03. The lowest BCUT2D eigenvalue weighted by molar-refractivity contribution is -0.113. The fraction of sp³-hybridized carbons (Fsp3) is 0.150. The molecule has 8 heteroatoms. The number of thioether (sulfide) groups is 1. The van der Waals surface area contributed by atoms with Crippen LogP contribution in [0.25, 0.3) is 20.7 Å². The van der Waals surface area contributed by atoms with Gasteiger partial charge in [-0.3, -0.25) is 14.2 Å². The summed E-state index contributed by atoms with van der Waals surface area (Å²) in [5.74, 6) is 0.0525. The second kappa shape index (κ2) is 7.90. The molecule has 0 aliphatic carbocycles. The van der Waals surface area contributed by atoms with Gasteiger partial charge in [0, 0.05) is 28.6 Å². The quantitative estimate of drug-likeness (QED) is 0.368. The summed E-state index contributed by atoms with van der Waals surface area (Å²) >= 11 is 4.32. The van der Waals surface area contributed by atoms with Gasteiger partial charge in [-0.15, -0.1) is 22.7 Å². The minimum atomic E-state index is -0.131. The Kier molecular flexibility index (Phi) is 5.34. The summed E-state index contributed by atoms with van der Waals surface area (Å²) in [7, 11) is 1.70. The summed E-state index contributed by atoms with van der Waals surface area (Å²) in [5.41, 5.74) is 2.73. The van der Waals surface area contributed by atoms with Crippen molar-refractivity contribution in [3.8, 4) is 10.4 Å². The van der Waals surface area contributed by atoms with Crippen LogP contribution in [0.5, 0.6) is 0 Å². The number of hydrogen-bond donors (Lipinski definition) is 1. The van der Waals surface area contributed by atoms with E-state index in [1.54, 1.807) is 18.4 Å². The van der Waals surface area contributed by atoms with Crippen LogP contribution in [0.4, 0.5) is 5.69 Å². The third-order valence-electron chi connectivity index (χ3n) is 4.23. The molecular formula is C20H17N3O2S3. The van der Waals surface area contributed by atoms with Gasteiger partial charge in [-0.2, -0.15) is 0 Å². The minimum Gasteiger partial charge on any atom is -0.325 e. The number of rotatable bonds is 5. The summed E-state index contributed by atoms with van der Waals surface area (Å²) in [5, 5.41) is 8.01. The zero-order chi connectivity index (χ0) is 19.7. The molecule has 4 aromatic rings. The Labute approximate surface area is 174 Å². The van der Waals surface area contributed by atoms with E-state index in [1.807, 2.05) is 54.1 Å². The first-order chi connectivity index (χ1) is 13.5. The van der Waals surface area contributed by atoms with Crippen molar-refractivity contribution in [3.63, 3.8) is 0 Å². The number of benzene rings is 1. The molecule has 0 unspecified atom stereocenters. The second-order valence-electron chi connectivity index (χ2n) is 6.27. The highest BCUT2D eigenvalue weighted by Gasteiger charge is 2.17. The van der Waals surface area contributed by atoms with Crippen LogP contribution in [0.15, 0.2) is 57.1 Å². The molecule has 0 aliphatic rings. The Morgan fingerprint density at radius 1 is 1.21 bits per heavy atom. The normalized spacial score (nSPS) is 11.1. The molecule has 0 spiro atoms. The van der Waals surface area contributed by atoms with E-state index in [9.17, 15) is 9.59 Å². The van der Waals surface area contributed by atoms with Gasteiger partial charge in [0.15, 0.2) is 5.16 Å². The van der Waals surface area contributed by atoms with E-state index in [-0.39, 0.29) is 17.2 Å². The zero-order valence-corrected chi connectivity index (χ0v) is 17.7. The first-order valence-electron chi connectivity index (χ1n) is 8.54. The van der Waals surface area contributed by atoms with Gasteiger partial charge < -0.3 is 5.32 Å². The highest BCUT2D eigenvalue weighted by molar-refractivity contribution is 7.99. The largest absolute Gasteiger partial charge is 0.325 e. The number of anilines is 1. The number of nitrogens with one attached hydrogen (secondary N) is 1. The number of nitrogens with zero attached hydrogens (tertiary/aromatic N) is 2. The van der Waals surface area contributed by atoms with E-state index >= 15 is 0 Å². The van der Waals surface area contributed by atoms with Crippen LogP contribution in [0.3, 0.4) is 0 Å². The molecule has 0 saturated heterocycles. The molecule has 1 aromatic carbocycles. The topological polar surface area (TPSA) is 64.0 Å². The van der Waals surface area contributed by atoms with Crippen molar-refractivity contribution in [2.75, 3.05) is 11.1 Å². The Bertz CT molecular complexity index is 1190.